The van der Waals surface area contributed by atoms with E-state index < -0.39 is 0 Å². The molecule has 6 nitrogen and oxygen atoms in total. The molecule has 0 spiro atoms. The number of rotatable bonds is 4. The number of aryl methyl sites for hydroxylation is 1. The molecular formula is C22H20Cl2N4O2. The summed E-state index contributed by atoms with van der Waals surface area (Å²) >= 11 is 12.8. The van der Waals surface area contributed by atoms with E-state index in [-0.39, 0.29) is 23.3 Å². The van der Waals surface area contributed by atoms with E-state index in [1.165, 1.54) is 0 Å². The summed E-state index contributed by atoms with van der Waals surface area (Å²) in [6, 6.07) is 11.4. The van der Waals surface area contributed by atoms with Crippen molar-refractivity contribution in [2.24, 2.45) is 7.05 Å². The molecule has 1 aliphatic heterocycles. The van der Waals surface area contributed by atoms with Gasteiger partial charge >= 0.3 is 0 Å². The molecule has 1 N–H and O–H groups in total. The van der Waals surface area contributed by atoms with E-state index in [4.69, 9.17) is 23.2 Å². The second-order valence-electron chi connectivity index (χ2n) is 8.06. The Hall–Kier alpha value is -2.41. The number of carbonyl (C=O) groups excluding carboxylic acids is 1. The maximum Gasteiger partial charge on any atom is 0.258 e. The quantitative estimate of drug-likeness (QED) is 0.623. The molecule has 2 heterocycles. The summed E-state index contributed by atoms with van der Waals surface area (Å²) < 4.78 is 1.93. The first kappa shape index (κ1) is 19.5. The van der Waals surface area contributed by atoms with Crippen LogP contribution in [-0.4, -0.2) is 31.2 Å². The number of hydrogen-bond acceptors (Lipinski definition) is 4. The molecule has 1 aliphatic carbocycles. The van der Waals surface area contributed by atoms with Gasteiger partial charge in [0.2, 0.25) is 0 Å². The van der Waals surface area contributed by atoms with Gasteiger partial charge in [-0.2, -0.15) is 0 Å². The van der Waals surface area contributed by atoms with Gasteiger partial charge in [-0.25, -0.2) is 0 Å². The highest BCUT2D eigenvalue weighted by Gasteiger charge is 2.49. The van der Waals surface area contributed by atoms with Crippen molar-refractivity contribution in [3.8, 4) is 0 Å². The molecule has 0 radical (unpaired) electrons. The van der Waals surface area contributed by atoms with Gasteiger partial charge in [0, 0.05) is 34.3 Å². The first-order valence-corrected chi connectivity index (χ1v) is 10.6. The van der Waals surface area contributed by atoms with Crippen LogP contribution < -0.4 is 4.90 Å². The van der Waals surface area contributed by atoms with Gasteiger partial charge in [-0.05, 0) is 48.2 Å². The predicted octanol–water partition coefficient (Wildman–Crippen LogP) is 3.81. The van der Waals surface area contributed by atoms with Crippen LogP contribution in [0.1, 0.15) is 45.7 Å². The summed E-state index contributed by atoms with van der Waals surface area (Å²) in [6.07, 6.45) is 3.23. The molecule has 30 heavy (non-hydrogen) atoms. The molecule has 154 valence electrons. The van der Waals surface area contributed by atoms with Crippen LogP contribution >= 0.6 is 23.2 Å². The first-order valence-electron chi connectivity index (χ1n) is 9.76. The number of alkyl halides is 1. The third-order valence-corrected chi connectivity index (χ3v) is 6.87. The van der Waals surface area contributed by atoms with Crippen LogP contribution in [0, 0.1) is 0 Å². The minimum atomic E-state index is -0.314. The van der Waals surface area contributed by atoms with Gasteiger partial charge in [-0.1, -0.05) is 23.7 Å². The molecule has 1 fully saturated rings. The number of amides is 1. The van der Waals surface area contributed by atoms with Crippen molar-refractivity contribution in [2.75, 3.05) is 4.90 Å². The fourth-order valence-electron chi connectivity index (χ4n) is 4.65. The van der Waals surface area contributed by atoms with Gasteiger partial charge in [0.05, 0.1) is 18.6 Å². The third-order valence-electron chi connectivity index (χ3n) is 6.22. The van der Waals surface area contributed by atoms with Crippen LogP contribution in [0.4, 0.5) is 5.69 Å². The molecule has 1 aromatic heterocycles. The van der Waals surface area contributed by atoms with Gasteiger partial charge in [0.25, 0.3) is 5.91 Å². The minimum absolute atomic E-state index is 0.0822. The highest BCUT2D eigenvalue weighted by Crippen LogP contribution is 2.51. The van der Waals surface area contributed by atoms with Crippen molar-refractivity contribution in [1.29, 1.82) is 0 Å². The number of hydrogen-bond donors (Lipinski definition) is 1. The Balaban J connectivity index is 1.54. The van der Waals surface area contributed by atoms with Crippen molar-refractivity contribution in [2.45, 2.75) is 36.8 Å². The van der Waals surface area contributed by atoms with Crippen molar-refractivity contribution < 1.29 is 9.90 Å². The van der Waals surface area contributed by atoms with Gasteiger partial charge in [0.15, 0.2) is 0 Å². The zero-order valence-electron chi connectivity index (χ0n) is 16.3. The fraction of sp³-hybridized carbons (Fsp3) is 0.318. The van der Waals surface area contributed by atoms with E-state index in [0.717, 1.165) is 35.5 Å². The Labute approximate surface area is 184 Å². The van der Waals surface area contributed by atoms with Crippen LogP contribution in [0.25, 0.3) is 0 Å². The number of carbonyl (C=O) groups is 1. The molecular weight excluding hydrogens is 423 g/mol. The van der Waals surface area contributed by atoms with Gasteiger partial charge < -0.3 is 14.6 Å². The van der Waals surface area contributed by atoms with Crippen LogP contribution in [0.3, 0.4) is 0 Å². The molecule has 2 aliphatic rings. The number of anilines is 1. The number of aliphatic hydroxyl groups excluding tert-OH is 1. The highest BCUT2D eigenvalue weighted by molar-refractivity contribution is 6.32. The molecule has 0 unspecified atom stereocenters. The molecule has 0 saturated heterocycles. The average Bonchev–Trinajstić information content (AvgIpc) is 3.29. The highest BCUT2D eigenvalue weighted by atomic mass is 35.5. The lowest BCUT2D eigenvalue weighted by Gasteiger charge is -2.44. The van der Waals surface area contributed by atoms with Gasteiger partial charge in [-0.15, -0.1) is 21.8 Å². The summed E-state index contributed by atoms with van der Waals surface area (Å²) in [5.41, 5.74) is 3.52. The van der Waals surface area contributed by atoms with Crippen molar-refractivity contribution in [1.82, 2.24) is 14.8 Å². The number of nitrogens with zero attached hydrogens (tertiary/aromatic N) is 4. The van der Waals surface area contributed by atoms with E-state index in [1.54, 1.807) is 23.4 Å². The zero-order valence-corrected chi connectivity index (χ0v) is 17.9. The average molecular weight is 443 g/mol. The summed E-state index contributed by atoms with van der Waals surface area (Å²) in [6.45, 7) is 0.243. The second-order valence-corrected chi connectivity index (χ2v) is 9.08. The maximum atomic E-state index is 13.1. The lowest BCUT2D eigenvalue weighted by molar-refractivity contribution is 0.0996. The molecule has 1 saturated carbocycles. The number of aromatic nitrogens is 3. The van der Waals surface area contributed by atoms with Crippen molar-refractivity contribution >= 4 is 34.8 Å². The maximum absolute atomic E-state index is 13.1. The molecule has 1 amide bonds. The Bertz CT molecular complexity index is 1150. The number of fused-ring (bicyclic) bond motifs is 1. The first-order chi connectivity index (χ1) is 14.4. The number of halogens is 2. The third kappa shape index (κ3) is 2.86. The summed E-state index contributed by atoms with van der Waals surface area (Å²) in [5, 5.41) is 18.4. The number of benzene rings is 2. The van der Waals surface area contributed by atoms with Gasteiger partial charge in [0.1, 0.15) is 12.2 Å². The lowest BCUT2D eigenvalue weighted by atomic mass is 9.63. The lowest BCUT2D eigenvalue weighted by Crippen LogP contribution is -2.45. The fourth-order valence-corrected chi connectivity index (χ4v) is 5.48. The Morgan fingerprint density at radius 3 is 2.73 bits per heavy atom. The van der Waals surface area contributed by atoms with E-state index >= 15 is 0 Å². The summed E-state index contributed by atoms with van der Waals surface area (Å²) in [5.74, 6) is 0.763. The summed E-state index contributed by atoms with van der Waals surface area (Å²) in [4.78, 5) is 14.9. The van der Waals surface area contributed by atoms with Crippen LogP contribution in [0.2, 0.25) is 5.02 Å². The normalized spacial score (nSPS) is 22.9. The Morgan fingerprint density at radius 2 is 2.07 bits per heavy atom. The Kier molecular flexibility index (Phi) is 4.61. The van der Waals surface area contributed by atoms with Crippen LogP contribution in [0.15, 0.2) is 42.7 Å². The van der Waals surface area contributed by atoms with E-state index in [2.05, 4.69) is 16.3 Å². The molecule has 2 aromatic carbocycles. The van der Waals surface area contributed by atoms with Crippen molar-refractivity contribution in [3.63, 3.8) is 0 Å². The SMILES string of the molecule is Cn1cnnc1C1(c2cccc(N3Cc4c(Cl)cc(CO)cc4C3=O)c2)CC(Cl)C1. The monoisotopic (exact) mass is 442 g/mol. The Morgan fingerprint density at radius 1 is 1.27 bits per heavy atom. The second kappa shape index (κ2) is 7.08. The topological polar surface area (TPSA) is 71.2 Å². The van der Waals surface area contributed by atoms with Crippen LogP contribution in [0.5, 0.6) is 0 Å². The smallest absolute Gasteiger partial charge is 0.258 e. The molecule has 0 bridgehead atoms. The molecule has 5 rings (SSSR count). The molecule has 8 heteroatoms. The van der Waals surface area contributed by atoms with Crippen molar-refractivity contribution in [3.05, 3.63) is 75.8 Å². The van der Waals surface area contributed by atoms with E-state index in [9.17, 15) is 9.90 Å². The standard InChI is InChI=1S/C22H20Cl2N4O2/c1-27-12-25-26-21(27)22(8-15(23)9-22)14-3-2-4-16(7-14)28-10-18-17(20(28)30)5-13(11-29)6-19(18)24/h2-7,12,15,29H,8-11H2,1H3. The van der Waals surface area contributed by atoms with Gasteiger partial charge in [-0.3, -0.25) is 4.79 Å². The van der Waals surface area contributed by atoms with Crippen LogP contribution in [-0.2, 0) is 25.6 Å². The molecule has 3 aromatic rings. The van der Waals surface area contributed by atoms with E-state index in [0.29, 0.717) is 22.7 Å². The summed E-state index contributed by atoms with van der Waals surface area (Å²) in [7, 11) is 1.93. The van der Waals surface area contributed by atoms with E-state index in [1.807, 2.05) is 29.8 Å². The largest absolute Gasteiger partial charge is 0.392 e. The minimum Gasteiger partial charge on any atom is -0.392 e. The molecule has 0 atom stereocenters. The predicted molar refractivity (Wildman–Crippen MR) is 115 cm³/mol. The number of aliphatic hydroxyl groups is 1. The zero-order chi connectivity index (χ0) is 21.0.